The summed E-state index contributed by atoms with van der Waals surface area (Å²) in [5.41, 5.74) is 8.11. The van der Waals surface area contributed by atoms with E-state index in [1.165, 1.54) is 0 Å². The molecule has 0 saturated heterocycles. The first-order valence-electron chi connectivity index (χ1n) is 5.84. The second-order valence-electron chi connectivity index (χ2n) is 4.30. The van der Waals surface area contributed by atoms with Crippen LogP contribution < -0.4 is 5.73 Å². The van der Waals surface area contributed by atoms with Gasteiger partial charge < -0.3 is 10.2 Å². The van der Waals surface area contributed by atoms with Crippen LogP contribution in [0.1, 0.15) is 29.2 Å². The molecule has 2 unspecified atom stereocenters. The van der Waals surface area contributed by atoms with Gasteiger partial charge in [0.15, 0.2) is 0 Å². The van der Waals surface area contributed by atoms with Crippen LogP contribution in [-0.4, -0.2) is 16.0 Å². The minimum atomic E-state index is 0.00455. The highest BCUT2D eigenvalue weighted by atomic mass is 32.2. The first kappa shape index (κ1) is 13.1. The van der Waals surface area contributed by atoms with Crippen molar-refractivity contribution in [2.24, 2.45) is 5.73 Å². The number of rotatable bonds is 4. The number of nitrogens with zero attached hydrogens (tertiary/aromatic N) is 2. The van der Waals surface area contributed by atoms with Crippen LogP contribution in [-0.2, 0) is 0 Å². The summed E-state index contributed by atoms with van der Waals surface area (Å²) in [6, 6.07) is 3.96. The third kappa shape index (κ3) is 2.91. The number of aryl methyl sites for hydroxylation is 2. The lowest BCUT2D eigenvalue weighted by Gasteiger charge is -2.18. The highest BCUT2D eigenvalue weighted by Crippen LogP contribution is 2.36. The largest absolute Gasteiger partial charge is 0.437 e. The van der Waals surface area contributed by atoms with Crippen LogP contribution in [0.4, 0.5) is 0 Å². The second-order valence-corrected chi connectivity index (χ2v) is 5.39. The van der Waals surface area contributed by atoms with E-state index in [2.05, 4.69) is 9.97 Å². The van der Waals surface area contributed by atoms with E-state index in [1.54, 1.807) is 24.2 Å². The fraction of sp³-hybridized carbons (Fsp3) is 0.385. The topological polar surface area (TPSA) is 64.9 Å². The highest BCUT2D eigenvalue weighted by molar-refractivity contribution is 7.99. The number of thioether (sulfide) groups is 1. The number of nitrogens with two attached hydrogens (primary N) is 1. The molecule has 5 heteroatoms. The van der Waals surface area contributed by atoms with Crippen molar-refractivity contribution in [2.75, 3.05) is 0 Å². The smallest absolute Gasteiger partial charge is 0.256 e. The van der Waals surface area contributed by atoms with Gasteiger partial charge in [0.25, 0.3) is 5.22 Å². The van der Waals surface area contributed by atoms with Gasteiger partial charge in [0.1, 0.15) is 5.76 Å². The van der Waals surface area contributed by atoms with Crippen molar-refractivity contribution in [3.05, 3.63) is 41.5 Å². The first-order chi connectivity index (χ1) is 8.58. The normalized spacial score (nSPS) is 14.4. The van der Waals surface area contributed by atoms with Crippen LogP contribution in [0.15, 0.2) is 34.2 Å². The average molecular weight is 263 g/mol. The number of hydrogen-bond donors (Lipinski definition) is 1. The molecule has 0 fully saturated rings. The van der Waals surface area contributed by atoms with Crippen molar-refractivity contribution in [3.63, 3.8) is 0 Å². The molecule has 18 heavy (non-hydrogen) atoms. The average Bonchev–Trinajstić information content (AvgIpc) is 2.66. The Labute approximate surface area is 111 Å². The van der Waals surface area contributed by atoms with E-state index in [4.69, 9.17) is 10.2 Å². The van der Waals surface area contributed by atoms with Crippen molar-refractivity contribution in [2.45, 2.75) is 37.3 Å². The second kappa shape index (κ2) is 5.54. The Morgan fingerprint density at radius 3 is 2.44 bits per heavy atom. The van der Waals surface area contributed by atoms with Crippen molar-refractivity contribution in [1.82, 2.24) is 9.97 Å². The van der Waals surface area contributed by atoms with Gasteiger partial charge in [0.2, 0.25) is 0 Å². The molecule has 2 aromatic rings. The maximum atomic E-state index is 6.05. The first-order valence-corrected chi connectivity index (χ1v) is 6.72. The summed E-state index contributed by atoms with van der Waals surface area (Å²) >= 11 is 1.55. The zero-order chi connectivity index (χ0) is 13.1. The standard InChI is InChI=1S/C13H17N3OS/c1-8(14)12(11-4-6-15-7-5-11)18-13-16-9(2)10(3)17-13/h4-8,12H,14H2,1-3H3. The summed E-state index contributed by atoms with van der Waals surface area (Å²) in [5.74, 6) is 0.857. The molecule has 0 bridgehead atoms. The van der Waals surface area contributed by atoms with Gasteiger partial charge in [-0.05, 0) is 38.5 Å². The van der Waals surface area contributed by atoms with E-state index < -0.39 is 0 Å². The third-order valence-electron chi connectivity index (χ3n) is 2.75. The SMILES string of the molecule is Cc1nc(SC(c2ccncc2)C(C)N)oc1C. The summed E-state index contributed by atoms with van der Waals surface area (Å²) in [6.07, 6.45) is 3.55. The zero-order valence-corrected chi connectivity index (χ0v) is 11.6. The van der Waals surface area contributed by atoms with Gasteiger partial charge in [0, 0.05) is 18.4 Å². The lowest BCUT2D eigenvalue weighted by atomic mass is 10.1. The Morgan fingerprint density at radius 1 is 1.28 bits per heavy atom. The summed E-state index contributed by atoms with van der Waals surface area (Å²) in [6.45, 7) is 5.84. The molecule has 0 aliphatic rings. The van der Waals surface area contributed by atoms with Crippen molar-refractivity contribution < 1.29 is 4.42 Å². The third-order valence-corrected chi connectivity index (χ3v) is 4.08. The molecule has 0 radical (unpaired) electrons. The molecule has 96 valence electrons. The Balaban J connectivity index is 2.22. The van der Waals surface area contributed by atoms with Crippen LogP contribution in [0, 0.1) is 13.8 Å². The van der Waals surface area contributed by atoms with Crippen molar-refractivity contribution >= 4 is 11.8 Å². The molecule has 2 N–H and O–H groups in total. The molecule has 2 rings (SSSR count). The number of hydrogen-bond acceptors (Lipinski definition) is 5. The summed E-state index contributed by atoms with van der Waals surface area (Å²) in [4.78, 5) is 8.41. The lowest BCUT2D eigenvalue weighted by molar-refractivity contribution is 0.429. The molecule has 0 aliphatic carbocycles. The van der Waals surface area contributed by atoms with Crippen LogP contribution >= 0.6 is 11.8 Å². The lowest BCUT2D eigenvalue weighted by Crippen LogP contribution is -2.22. The monoisotopic (exact) mass is 263 g/mol. The Hall–Kier alpha value is -1.33. The molecule has 2 heterocycles. The summed E-state index contributed by atoms with van der Waals surface area (Å²) < 4.78 is 5.60. The Morgan fingerprint density at radius 2 is 1.94 bits per heavy atom. The quantitative estimate of drug-likeness (QED) is 0.859. The van der Waals surface area contributed by atoms with Gasteiger partial charge in [0.05, 0.1) is 10.9 Å². The van der Waals surface area contributed by atoms with Gasteiger partial charge in [-0.1, -0.05) is 11.8 Å². The van der Waals surface area contributed by atoms with E-state index in [0.717, 1.165) is 17.0 Å². The molecule has 0 aliphatic heterocycles. The molecular weight excluding hydrogens is 246 g/mol. The highest BCUT2D eigenvalue weighted by Gasteiger charge is 2.20. The molecular formula is C13H17N3OS. The number of aromatic nitrogens is 2. The van der Waals surface area contributed by atoms with Crippen molar-refractivity contribution in [1.29, 1.82) is 0 Å². The van der Waals surface area contributed by atoms with Crippen LogP contribution in [0.25, 0.3) is 0 Å². The summed E-state index contributed by atoms with van der Waals surface area (Å²) in [7, 11) is 0. The van der Waals surface area contributed by atoms with Gasteiger partial charge >= 0.3 is 0 Å². The van der Waals surface area contributed by atoms with Crippen LogP contribution in [0.3, 0.4) is 0 Å². The summed E-state index contributed by atoms with van der Waals surface area (Å²) in [5, 5.41) is 0.787. The fourth-order valence-electron chi connectivity index (χ4n) is 1.63. The minimum Gasteiger partial charge on any atom is -0.437 e. The van der Waals surface area contributed by atoms with Gasteiger partial charge in [-0.15, -0.1) is 0 Å². The maximum absolute atomic E-state index is 6.05. The predicted octanol–water partition coefficient (Wildman–Crippen LogP) is 2.87. The van der Waals surface area contributed by atoms with E-state index in [-0.39, 0.29) is 11.3 Å². The molecule has 0 amide bonds. The molecule has 0 saturated carbocycles. The molecule has 0 spiro atoms. The zero-order valence-electron chi connectivity index (χ0n) is 10.8. The number of oxazole rings is 1. The minimum absolute atomic E-state index is 0.00455. The molecule has 2 aromatic heterocycles. The molecule has 0 aromatic carbocycles. The van der Waals surface area contributed by atoms with E-state index in [1.807, 2.05) is 32.9 Å². The van der Waals surface area contributed by atoms with Crippen molar-refractivity contribution in [3.8, 4) is 0 Å². The Kier molecular flexibility index (Phi) is 4.04. The molecule has 2 atom stereocenters. The number of pyridine rings is 1. The maximum Gasteiger partial charge on any atom is 0.256 e. The Bertz CT molecular complexity index is 491. The fourth-order valence-corrected chi connectivity index (χ4v) is 2.72. The van der Waals surface area contributed by atoms with Crippen LogP contribution in [0.2, 0.25) is 0 Å². The van der Waals surface area contributed by atoms with E-state index in [0.29, 0.717) is 5.22 Å². The van der Waals surface area contributed by atoms with E-state index in [9.17, 15) is 0 Å². The predicted molar refractivity (Wildman–Crippen MR) is 72.5 cm³/mol. The van der Waals surface area contributed by atoms with E-state index >= 15 is 0 Å². The van der Waals surface area contributed by atoms with Gasteiger partial charge in [-0.2, -0.15) is 0 Å². The van der Waals surface area contributed by atoms with Gasteiger partial charge in [-0.3, -0.25) is 4.98 Å². The van der Waals surface area contributed by atoms with Crippen LogP contribution in [0.5, 0.6) is 0 Å². The van der Waals surface area contributed by atoms with Gasteiger partial charge in [-0.25, -0.2) is 4.98 Å². The molecule has 4 nitrogen and oxygen atoms in total.